The minimum Gasteiger partial charge on any atom is -0.494 e. The molecule has 2 atom stereocenters. The third-order valence-electron chi connectivity index (χ3n) is 6.11. The maximum Gasteiger partial charge on any atom is 0.119 e. The van der Waals surface area contributed by atoms with Crippen LogP contribution in [0, 0.1) is 22.7 Å². The first kappa shape index (κ1) is 19.5. The van der Waals surface area contributed by atoms with E-state index in [4.69, 9.17) is 4.74 Å². The van der Waals surface area contributed by atoms with Crippen molar-refractivity contribution in [2.75, 3.05) is 6.61 Å². The average molecular weight is 362 g/mol. The van der Waals surface area contributed by atoms with Gasteiger partial charge in [0.25, 0.3) is 0 Å². The first-order chi connectivity index (χ1) is 13.2. The molecule has 2 nitrogen and oxygen atoms in total. The fourth-order valence-electron chi connectivity index (χ4n) is 4.38. The number of benzene rings is 2. The Balaban J connectivity index is 1.62. The smallest absolute Gasteiger partial charge is 0.119 e. The molecule has 0 bridgehead atoms. The molecule has 2 unspecified atom stereocenters. The van der Waals surface area contributed by atoms with Crippen LogP contribution in [0.3, 0.4) is 0 Å². The summed E-state index contributed by atoms with van der Waals surface area (Å²) in [6.07, 6.45) is 7.87. The van der Waals surface area contributed by atoms with Gasteiger partial charge < -0.3 is 4.74 Å². The molecule has 27 heavy (non-hydrogen) atoms. The molecule has 0 aromatic heterocycles. The quantitative estimate of drug-likeness (QED) is 0.543. The van der Waals surface area contributed by atoms with Crippen molar-refractivity contribution in [1.29, 1.82) is 5.26 Å². The summed E-state index contributed by atoms with van der Waals surface area (Å²) in [7, 11) is 0. The average Bonchev–Trinajstić information content (AvgIpc) is 2.73. The van der Waals surface area contributed by atoms with E-state index >= 15 is 0 Å². The van der Waals surface area contributed by atoms with Crippen molar-refractivity contribution in [3.05, 3.63) is 54.1 Å². The van der Waals surface area contributed by atoms with Gasteiger partial charge in [-0.2, -0.15) is 5.26 Å². The first-order valence-electron chi connectivity index (χ1n) is 10.4. The molecule has 142 valence electrons. The topological polar surface area (TPSA) is 33.0 Å². The maximum atomic E-state index is 9.83. The monoisotopic (exact) mass is 361 g/mol. The molecule has 0 N–H and O–H groups in total. The zero-order chi connectivity index (χ0) is 19.1. The molecular formula is C25H31NO. The van der Waals surface area contributed by atoms with Crippen LogP contribution in [0.15, 0.2) is 48.5 Å². The summed E-state index contributed by atoms with van der Waals surface area (Å²) in [6.45, 7) is 4.95. The number of nitrogens with zero attached hydrogens (tertiary/aromatic N) is 1. The Bertz CT molecular complexity index is 756. The summed E-state index contributed by atoms with van der Waals surface area (Å²) < 4.78 is 5.51. The third kappa shape index (κ3) is 4.92. The van der Waals surface area contributed by atoms with Crippen LogP contribution in [0.2, 0.25) is 0 Å². The van der Waals surface area contributed by atoms with Gasteiger partial charge >= 0.3 is 0 Å². The molecule has 0 heterocycles. The van der Waals surface area contributed by atoms with Gasteiger partial charge in [-0.15, -0.1) is 0 Å². The Morgan fingerprint density at radius 1 is 1.04 bits per heavy atom. The molecule has 1 aliphatic carbocycles. The van der Waals surface area contributed by atoms with Crippen LogP contribution in [-0.4, -0.2) is 6.61 Å². The fourth-order valence-corrected chi connectivity index (χ4v) is 4.38. The lowest BCUT2D eigenvalue weighted by molar-refractivity contribution is 0.183. The summed E-state index contributed by atoms with van der Waals surface area (Å²) in [5.41, 5.74) is 3.65. The van der Waals surface area contributed by atoms with Crippen LogP contribution >= 0.6 is 0 Å². The number of hydrogen-bond acceptors (Lipinski definition) is 2. The number of ether oxygens (including phenoxy) is 1. The summed E-state index contributed by atoms with van der Waals surface area (Å²) in [6, 6.07) is 19.8. The van der Waals surface area contributed by atoms with Crippen molar-refractivity contribution in [1.82, 2.24) is 0 Å². The molecule has 1 saturated carbocycles. The van der Waals surface area contributed by atoms with E-state index in [-0.39, 0.29) is 5.41 Å². The standard InChI is InChI=1S/C25H31NO/c1-3-20-6-5-16-25(18-20,19-26)17-15-21-7-9-22(10-8-21)23-11-13-24(14-12-23)27-4-2/h7-14,20H,3-6,15-18H2,1-2H3. The lowest BCUT2D eigenvalue weighted by atomic mass is 9.67. The van der Waals surface area contributed by atoms with Crippen LogP contribution in [-0.2, 0) is 6.42 Å². The SMILES string of the molecule is CCOc1ccc(-c2ccc(CCC3(C#N)CCCC(CC)C3)cc2)cc1. The van der Waals surface area contributed by atoms with Crippen LogP contribution in [0.5, 0.6) is 5.75 Å². The van der Waals surface area contributed by atoms with Crippen LogP contribution in [0.1, 0.15) is 57.9 Å². The Kier molecular flexibility index (Phi) is 6.56. The predicted molar refractivity (Wildman–Crippen MR) is 112 cm³/mol. The van der Waals surface area contributed by atoms with Gasteiger partial charge in [-0.1, -0.05) is 62.6 Å². The lowest BCUT2D eigenvalue weighted by Crippen LogP contribution is -2.27. The van der Waals surface area contributed by atoms with Crippen molar-refractivity contribution in [3.63, 3.8) is 0 Å². The zero-order valence-corrected chi connectivity index (χ0v) is 16.7. The van der Waals surface area contributed by atoms with Crippen molar-refractivity contribution >= 4 is 0 Å². The van der Waals surface area contributed by atoms with E-state index in [2.05, 4.69) is 49.4 Å². The van der Waals surface area contributed by atoms with Crippen molar-refractivity contribution in [2.45, 2.75) is 58.8 Å². The van der Waals surface area contributed by atoms with Crippen molar-refractivity contribution in [2.24, 2.45) is 11.3 Å². The minimum atomic E-state index is -0.104. The highest BCUT2D eigenvalue weighted by Crippen LogP contribution is 2.43. The molecule has 2 aromatic carbocycles. The van der Waals surface area contributed by atoms with Crippen LogP contribution in [0.25, 0.3) is 11.1 Å². The fraction of sp³-hybridized carbons (Fsp3) is 0.480. The lowest BCUT2D eigenvalue weighted by Gasteiger charge is -2.35. The second kappa shape index (κ2) is 9.09. The normalized spacial score (nSPS) is 22.2. The van der Waals surface area contributed by atoms with E-state index in [0.717, 1.165) is 37.4 Å². The van der Waals surface area contributed by atoms with Gasteiger partial charge in [0.15, 0.2) is 0 Å². The van der Waals surface area contributed by atoms with Gasteiger partial charge in [-0.05, 0) is 67.3 Å². The van der Waals surface area contributed by atoms with E-state index in [1.54, 1.807) is 0 Å². The molecule has 2 aromatic rings. The molecule has 3 rings (SSSR count). The molecule has 0 amide bonds. The predicted octanol–water partition coefficient (Wildman–Crippen LogP) is 6.80. The summed E-state index contributed by atoms with van der Waals surface area (Å²) in [5.74, 6) is 1.65. The largest absolute Gasteiger partial charge is 0.494 e. The highest BCUT2D eigenvalue weighted by molar-refractivity contribution is 5.64. The first-order valence-corrected chi connectivity index (χ1v) is 10.4. The van der Waals surface area contributed by atoms with Gasteiger partial charge in [-0.3, -0.25) is 0 Å². The maximum absolute atomic E-state index is 9.83. The second-order valence-electron chi connectivity index (χ2n) is 7.92. The highest BCUT2D eigenvalue weighted by atomic mass is 16.5. The molecule has 0 spiro atoms. The van der Waals surface area contributed by atoms with Gasteiger partial charge in [0.1, 0.15) is 5.75 Å². The molecule has 0 radical (unpaired) electrons. The van der Waals surface area contributed by atoms with Crippen LogP contribution < -0.4 is 4.74 Å². The van der Waals surface area contributed by atoms with E-state index in [9.17, 15) is 5.26 Å². The Hall–Kier alpha value is -2.27. The number of nitriles is 1. The molecule has 2 heteroatoms. The molecule has 1 aliphatic rings. The van der Waals surface area contributed by atoms with Crippen molar-refractivity contribution < 1.29 is 4.74 Å². The highest BCUT2D eigenvalue weighted by Gasteiger charge is 2.35. The van der Waals surface area contributed by atoms with Gasteiger partial charge in [0, 0.05) is 0 Å². The van der Waals surface area contributed by atoms with Gasteiger partial charge in [0.05, 0.1) is 18.1 Å². The van der Waals surface area contributed by atoms with Gasteiger partial charge in [0.2, 0.25) is 0 Å². The van der Waals surface area contributed by atoms with E-state index in [1.807, 2.05) is 19.1 Å². The van der Waals surface area contributed by atoms with Crippen LogP contribution in [0.4, 0.5) is 0 Å². The van der Waals surface area contributed by atoms with Crippen molar-refractivity contribution in [3.8, 4) is 22.9 Å². The van der Waals surface area contributed by atoms with Gasteiger partial charge in [-0.25, -0.2) is 0 Å². The summed E-state index contributed by atoms with van der Waals surface area (Å²) in [4.78, 5) is 0. The second-order valence-corrected chi connectivity index (χ2v) is 7.92. The van der Waals surface area contributed by atoms with E-state index in [1.165, 1.54) is 36.0 Å². The zero-order valence-electron chi connectivity index (χ0n) is 16.7. The number of hydrogen-bond donors (Lipinski definition) is 0. The minimum absolute atomic E-state index is 0.104. The third-order valence-corrected chi connectivity index (χ3v) is 6.11. The van der Waals surface area contributed by atoms with E-state index in [0.29, 0.717) is 6.61 Å². The Morgan fingerprint density at radius 3 is 2.30 bits per heavy atom. The molecule has 0 aliphatic heterocycles. The molecule has 1 fully saturated rings. The summed E-state index contributed by atoms with van der Waals surface area (Å²) in [5, 5.41) is 9.83. The number of aryl methyl sites for hydroxylation is 1. The molecular weight excluding hydrogens is 330 g/mol. The van der Waals surface area contributed by atoms with E-state index < -0.39 is 0 Å². The summed E-state index contributed by atoms with van der Waals surface area (Å²) >= 11 is 0. The number of rotatable bonds is 7. The Morgan fingerprint density at radius 2 is 1.70 bits per heavy atom. The Labute approximate surface area is 164 Å². The molecule has 0 saturated heterocycles.